The third-order valence-corrected chi connectivity index (χ3v) is 9.24. The lowest BCUT2D eigenvalue weighted by molar-refractivity contribution is -0.134. The van der Waals surface area contributed by atoms with Crippen LogP contribution in [0.25, 0.3) is 0 Å². The van der Waals surface area contributed by atoms with Crippen molar-refractivity contribution < 1.29 is 27.5 Å². The monoisotopic (exact) mass is 526 g/mol. The van der Waals surface area contributed by atoms with E-state index in [0.717, 1.165) is 48.1 Å². The highest BCUT2D eigenvalue weighted by Crippen LogP contribution is 2.40. The number of anilines is 1. The van der Waals surface area contributed by atoms with Gasteiger partial charge in [-0.05, 0) is 61.4 Å². The highest BCUT2D eigenvalue weighted by atomic mass is 32.2. The van der Waals surface area contributed by atoms with Crippen LogP contribution < -0.4 is 15.4 Å². The van der Waals surface area contributed by atoms with E-state index in [1.807, 2.05) is 24.3 Å². The maximum atomic E-state index is 13.5. The van der Waals surface area contributed by atoms with Crippen LogP contribution in [0.5, 0.6) is 5.75 Å². The quantitative estimate of drug-likeness (QED) is 0.558. The SMILES string of the molecule is COc1ccc(S(=O)(=O)N2CCCCC2)cc1NC(=O)CN1C(=O)N[C@]2(CCCc3ccccc32)C1=O. The number of rotatable bonds is 6. The molecule has 37 heavy (non-hydrogen) atoms. The van der Waals surface area contributed by atoms with E-state index in [1.54, 1.807) is 0 Å². The zero-order valence-electron chi connectivity index (χ0n) is 20.7. The van der Waals surface area contributed by atoms with Crippen molar-refractivity contribution in [3.05, 3.63) is 53.6 Å². The summed E-state index contributed by atoms with van der Waals surface area (Å²) in [6.45, 7) is 0.390. The number of ether oxygens (including phenoxy) is 1. The van der Waals surface area contributed by atoms with Gasteiger partial charge in [0.05, 0.1) is 17.7 Å². The average Bonchev–Trinajstić information content (AvgIpc) is 3.13. The smallest absolute Gasteiger partial charge is 0.325 e. The van der Waals surface area contributed by atoms with Gasteiger partial charge in [-0.25, -0.2) is 13.2 Å². The molecule has 2 N–H and O–H groups in total. The fourth-order valence-electron chi connectivity index (χ4n) is 5.49. The number of hydrogen-bond acceptors (Lipinski definition) is 6. The molecule has 0 saturated carbocycles. The third kappa shape index (κ3) is 4.46. The molecule has 3 aliphatic rings. The number of fused-ring (bicyclic) bond motifs is 2. The Balaban J connectivity index is 1.35. The number of nitrogens with one attached hydrogen (secondary N) is 2. The van der Waals surface area contributed by atoms with Crippen molar-refractivity contribution in [2.24, 2.45) is 0 Å². The Morgan fingerprint density at radius 3 is 2.59 bits per heavy atom. The van der Waals surface area contributed by atoms with Crippen molar-refractivity contribution in [1.82, 2.24) is 14.5 Å². The molecule has 5 rings (SSSR count). The standard InChI is InChI=1S/C26H30N4O6S/c1-36-22-12-11-19(37(34,35)29-14-5-2-6-15-29)16-21(22)27-23(31)17-30-24(32)26(28-25(30)33)13-7-9-18-8-3-4-10-20(18)26/h3-4,8,10-12,16H,2,5-7,9,13-15,17H2,1H3,(H,27,31)(H,28,33)/t26-/m0/s1. The van der Waals surface area contributed by atoms with Gasteiger partial charge in [-0.2, -0.15) is 4.31 Å². The second kappa shape index (κ2) is 9.79. The summed E-state index contributed by atoms with van der Waals surface area (Å²) in [5.74, 6) is -0.843. The van der Waals surface area contributed by atoms with Crippen molar-refractivity contribution in [2.75, 3.05) is 32.1 Å². The number of urea groups is 1. The lowest BCUT2D eigenvalue weighted by Gasteiger charge is -2.33. The summed E-state index contributed by atoms with van der Waals surface area (Å²) in [6, 6.07) is 11.2. The summed E-state index contributed by atoms with van der Waals surface area (Å²) >= 11 is 0. The number of carbonyl (C=O) groups is 3. The van der Waals surface area contributed by atoms with Gasteiger partial charge in [0.1, 0.15) is 17.8 Å². The molecule has 0 unspecified atom stereocenters. The fourth-order valence-corrected chi connectivity index (χ4v) is 7.03. The topological polar surface area (TPSA) is 125 Å². The van der Waals surface area contributed by atoms with Gasteiger partial charge in [0.25, 0.3) is 5.91 Å². The highest BCUT2D eigenvalue weighted by molar-refractivity contribution is 7.89. The van der Waals surface area contributed by atoms with Gasteiger partial charge in [-0.15, -0.1) is 0 Å². The number of aryl methyl sites for hydroxylation is 1. The van der Waals surface area contributed by atoms with Crippen LogP contribution in [-0.2, 0) is 31.6 Å². The number of hydrogen-bond donors (Lipinski definition) is 2. The number of amides is 4. The normalized spacial score (nSPS) is 22.0. The molecule has 0 radical (unpaired) electrons. The average molecular weight is 527 g/mol. The predicted molar refractivity (Wildman–Crippen MR) is 136 cm³/mol. The molecule has 11 heteroatoms. The van der Waals surface area contributed by atoms with Crippen molar-refractivity contribution in [1.29, 1.82) is 0 Å². The highest BCUT2D eigenvalue weighted by Gasteiger charge is 2.54. The van der Waals surface area contributed by atoms with Gasteiger partial charge in [-0.3, -0.25) is 14.5 Å². The van der Waals surface area contributed by atoms with Crippen LogP contribution in [0.15, 0.2) is 47.4 Å². The first kappa shape index (κ1) is 25.2. The number of carbonyl (C=O) groups excluding carboxylic acids is 3. The van der Waals surface area contributed by atoms with Crippen LogP contribution in [0.2, 0.25) is 0 Å². The molecule has 196 valence electrons. The molecule has 2 aromatic carbocycles. The van der Waals surface area contributed by atoms with Gasteiger partial charge in [0, 0.05) is 13.1 Å². The molecule has 2 heterocycles. The van der Waals surface area contributed by atoms with Crippen LogP contribution in [0.3, 0.4) is 0 Å². The lowest BCUT2D eigenvalue weighted by atomic mass is 9.76. The molecule has 2 fully saturated rings. The summed E-state index contributed by atoms with van der Waals surface area (Å²) < 4.78 is 33.0. The molecule has 0 bridgehead atoms. The minimum absolute atomic E-state index is 0.0401. The number of benzene rings is 2. The van der Waals surface area contributed by atoms with E-state index in [1.165, 1.54) is 29.6 Å². The van der Waals surface area contributed by atoms with E-state index < -0.39 is 40.0 Å². The summed E-state index contributed by atoms with van der Waals surface area (Å²) in [4.78, 5) is 40.3. The second-order valence-electron chi connectivity index (χ2n) is 9.61. The Hall–Kier alpha value is -3.44. The van der Waals surface area contributed by atoms with Gasteiger partial charge < -0.3 is 15.4 Å². The van der Waals surface area contributed by atoms with Crippen LogP contribution in [0, 0.1) is 0 Å². The molecule has 1 atom stereocenters. The number of nitrogens with zero attached hydrogens (tertiary/aromatic N) is 2. The number of imide groups is 1. The largest absolute Gasteiger partial charge is 0.495 e. The Labute approximate surface area is 216 Å². The minimum Gasteiger partial charge on any atom is -0.495 e. The maximum absolute atomic E-state index is 13.5. The van der Waals surface area contributed by atoms with Crippen molar-refractivity contribution in [3.63, 3.8) is 0 Å². The van der Waals surface area contributed by atoms with Crippen LogP contribution in [0.4, 0.5) is 10.5 Å². The first-order valence-corrected chi connectivity index (χ1v) is 13.9. The van der Waals surface area contributed by atoms with Crippen molar-refractivity contribution >= 4 is 33.6 Å². The molecule has 1 spiro atoms. The maximum Gasteiger partial charge on any atom is 0.325 e. The van der Waals surface area contributed by atoms with E-state index in [2.05, 4.69) is 10.6 Å². The third-order valence-electron chi connectivity index (χ3n) is 7.35. The Kier molecular flexibility index (Phi) is 6.67. The van der Waals surface area contributed by atoms with E-state index in [-0.39, 0.29) is 16.3 Å². The molecule has 4 amide bonds. The first-order valence-electron chi connectivity index (χ1n) is 12.5. The number of sulfonamides is 1. The van der Waals surface area contributed by atoms with E-state index in [0.29, 0.717) is 19.5 Å². The zero-order chi connectivity index (χ0) is 26.2. The van der Waals surface area contributed by atoms with Crippen molar-refractivity contribution in [3.8, 4) is 5.75 Å². The molecule has 1 aliphatic carbocycles. The van der Waals surface area contributed by atoms with E-state index in [9.17, 15) is 22.8 Å². The zero-order valence-corrected chi connectivity index (χ0v) is 21.5. The molecular formula is C26H30N4O6S. The van der Waals surface area contributed by atoms with Crippen LogP contribution >= 0.6 is 0 Å². The summed E-state index contributed by atoms with van der Waals surface area (Å²) in [6.07, 6.45) is 4.60. The summed E-state index contributed by atoms with van der Waals surface area (Å²) in [5.41, 5.74) is 0.743. The lowest BCUT2D eigenvalue weighted by Crippen LogP contribution is -2.47. The van der Waals surface area contributed by atoms with E-state index >= 15 is 0 Å². The Bertz CT molecular complexity index is 1350. The summed E-state index contributed by atoms with van der Waals surface area (Å²) in [7, 11) is -2.33. The molecule has 2 saturated heterocycles. The molecule has 10 nitrogen and oxygen atoms in total. The van der Waals surface area contributed by atoms with Crippen molar-refractivity contribution in [2.45, 2.75) is 49.0 Å². The van der Waals surface area contributed by atoms with Gasteiger partial charge in [0.15, 0.2) is 0 Å². The molecule has 0 aromatic heterocycles. The first-order chi connectivity index (χ1) is 17.8. The number of methoxy groups -OCH3 is 1. The van der Waals surface area contributed by atoms with Gasteiger partial charge in [-0.1, -0.05) is 30.7 Å². The predicted octanol–water partition coefficient (Wildman–Crippen LogP) is 2.59. The fraction of sp³-hybridized carbons (Fsp3) is 0.423. The molecular weight excluding hydrogens is 496 g/mol. The van der Waals surface area contributed by atoms with Gasteiger partial charge >= 0.3 is 6.03 Å². The van der Waals surface area contributed by atoms with Crippen LogP contribution in [0.1, 0.15) is 43.2 Å². The molecule has 2 aliphatic heterocycles. The number of piperidine rings is 1. The van der Waals surface area contributed by atoms with Crippen LogP contribution in [-0.4, -0.2) is 62.2 Å². The Morgan fingerprint density at radius 2 is 1.84 bits per heavy atom. The van der Waals surface area contributed by atoms with E-state index in [4.69, 9.17) is 4.74 Å². The minimum atomic E-state index is -3.73. The summed E-state index contributed by atoms with van der Waals surface area (Å²) in [5, 5.41) is 5.46. The second-order valence-corrected chi connectivity index (χ2v) is 11.6. The molecule has 2 aromatic rings. The Morgan fingerprint density at radius 1 is 1.08 bits per heavy atom. The van der Waals surface area contributed by atoms with Gasteiger partial charge in [0.2, 0.25) is 15.9 Å².